The number of benzene rings is 2. The van der Waals surface area contributed by atoms with Gasteiger partial charge in [0.2, 0.25) is 0 Å². The molecule has 108 valence electrons. The van der Waals surface area contributed by atoms with Crippen molar-refractivity contribution in [3.63, 3.8) is 0 Å². The summed E-state index contributed by atoms with van der Waals surface area (Å²) >= 11 is 0. The summed E-state index contributed by atoms with van der Waals surface area (Å²) in [6, 6.07) is 14.9. The summed E-state index contributed by atoms with van der Waals surface area (Å²) < 4.78 is 2.22. The molecule has 3 heterocycles. The quantitative estimate of drug-likeness (QED) is 0.621. The number of rotatable bonds is 0. The first-order valence-electron chi connectivity index (χ1n) is 7.64. The molecule has 0 N–H and O–H groups in total. The van der Waals surface area contributed by atoms with E-state index in [0.29, 0.717) is 0 Å². The van der Waals surface area contributed by atoms with E-state index in [-0.39, 0.29) is 11.9 Å². The molecule has 2 aromatic carbocycles. The van der Waals surface area contributed by atoms with Gasteiger partial charge >= 0.3 is 0 Å². The number of carbonyl (C=O) groups excluding carboxylic acids is 1. The molecule has 1 unspecified atom stereocenters. The molecule has 22 heavy (non-hydrogen) atoms. The maximum atomic E-state index is 12.6. The summed E-state index contributed by atoms with van der Waals surface area (Å²) in [5, 5.41) is 1.26. The van der Waals surface area contributed by atoms with Crippen molar-refractivity contribution in [2.75, 3.05) is 0 Å². The molecule has 3 nitrogen and oxygen atoms in total. The number of fused-ring (bicyclic) bond motifs is 6. The molecule has 2 aliphatic rings. The second-order valence-corrected chi connectivity index (χ2v) is 6.38. The highest BCUT2D eigenvalue weighted by molar-refractivity contribution is 6.01. The van der Waals surface area contributed by atoms with E-state index in [4.69, 9.17) is 0 Å². The third-order valence-corrected chi connectivity index (χ3v) is 5.24. The van der Waals surface area contributed by atoms with Crippen LogP contribution in [-0.2, 0) is 13.6 Å². The third-order valence-electron chi connectivity index (χ3n) is 5.24. The number of hydrogen-bond acceptors (Lipinski definition) is 1. The second-order valence-electron chi connectivity index (χ2n) is 6.38. The Morgan fingerprint density at radius 3 is 2.77 bits per heavy atom. The van der Waals surface area contributed by atoms with Crippen LogP contribution in [0.4, 0.5) is 0 Å². The Morgan fingerprint density at radius 1 is 1.09 bits per heavy atom. The highest BCUT2D eigenvalue weighted by Crippen LogP contribution is 2.46. The Labute approximate surface area is 128 Å². The lowest BCUT2D eigenvalue weighted by atomic mass is 9.96. The van der Waals surface area contributed by atoms with Gasteiger partial charge in [-0.25, -0.2) is 0 Å². The van der Waals surface area contributed by atoms with Crippen molar-refractivity contribution in [3.8, 4) is 0 Å². The van der Waals surface area contributed by atoms with Crippen LogP contribution in [0, 0.1) is 6.92 Å². The maximum absolute atomic E-state index is 12.6. The van der Waals surface area contributed by atoms with Crippen LogP contribution in [0.25, 0.3) is 10.9 Å². The zero-order valence-electron chi connectivity index (χ0n) is 12.6. The smallest absolute Gasteiger partial charge is 0.255 e. The van der Waals surface area contributed by atoms with E-state index in [1.807, 2.05) is 23.1 Å². The first kappa shape index (κ1) is 12.0. The van der Waals surface area contributed by atoms with Gasteiger partial charge in [0.1, 0.15) is 0 Å². The fraction of sp³-hybridized carbons (Fsp3) is 0.211. The maximum Gasteiger partial charge on any atom is 0.255 e. The van der Waals surface area contributed by atoms with Crippen molar-refractivity contribution in [1.82, 2.24) is 9.47 Å². The van der Waals surface area contributed by atoms with Gasteiger partial charge < -0.3 is 9.47 Å². The molecule has 0 radical (unpaired) electrons. The minimum atomic E-state index is 0.0957. The van der Waals surface area contributed by atoms with E-state index in [9.17, 15) is 4.79 Å². The van der Waals surface area contributed by atoms with Crippen LogP contribution in [0.1, 0.15) is 38.8 Å². The highest BCUT2D eigenvalue weighted by atomic mass is 16.2. The molecule has 0 fully saturated rings. The van der Waals surface area contributed by atoms with Gasteiger partial charge in [0.05, 0.1) is 6.04 Å². The summed E-state index contributed by atoms with van der Waals surface area (Å²) in [5.41, 5.74) is 7.09. The zero-order chi connectivity index (χ0) is 15.0. The summed E-state index contributed by atoms with van der Waals surface area (Å²) in [5.74, 6) is 0.164. The van der Waals surface area contributed by atoms with Gasteiger partial charge in [-0.2, -0.15) is 0 Å². The van der Waals surface area contributed by atoms with E-state index in [1.165, 1.54) is 27.7 Å². The lowest BCUT2D eigenvalue weighted by Gasteiger charge is -2.16. The SMILES string of the molecule is Cc1cc2cc3c(cc2n1C)C1c2ccccc2C(=O)N1C3. The van der Waals surface area contributed by atoms with E-state index < -0.39 is 0 Å². The molecule has 5 rings (SSSR count). The molecule has 0 bridgehead atoms. The lowest BCUT2D eigenvalue weighted by Crippen LogP contribution is -2.21. The average Bonchev–Trinajstić information content (AvgIpc) is 3.11. The van der Waals surface area contributed by atoms with Crippen molar-refractivity contribution in [2.24, 2.45) is 7.05 Å². The van der Waals surface area contributed by atoms with Gasteiger partial charge in [0.25, 0.3) is 5.91 Å². The van der Waals surface area contributed by atoms with Crippen LogP contribution in [0.15, 0.2) is 42.5 Å². The van der Waals surface area contributed by atoms with E-state index in [2.05, 4.69) is 42.8 Å². The molecule has 3 heteroatoms. The van der Waals surface area contributed by atoms with Crippen molar-refractivity contribution in [3.05, 3.63) is 70.4 Å². The molecule has 0 spiro atoms. The van der Waals surface area contributed by atoms with Crippen LogP contribution in [0.5, 0.6) is 0 Å². The summed E-state index contributed by atoms with van der Waals surface area (Å²) in [7, 11) is 2.10. The summed E-state index contributed by atoms with van der Waals surface area (Å²) in [6.45, 7) is 2.85. The monoisotopic (exact) mass is 288 g/mol. The van der Waals surface area contributed by atoms with Crippen LogP contribution in [-0.4, -0.2) is 15.4 Å². The standard InChI is InChI=1S/C19H16N2O/c1-11-7-12-8-13-10-21-18(16(13)9-17(12)20(11)2)14-5-3-4-6-15(14)19(21)22/h3-9,18H,10H2,1-2H3. The number of amides is 1. The fourth-order valence-corrected chi connectivity index (χ4v) is 4.03. The topological polar surface area (TPSA) is 25.2 Å². The molecule has 0 aliphatic carbocycles. The predicted octanol–water partition coefficient (Wildman–Crippen LogP) is 3.55. The Kier molecular flexibility index (Phi) is 2.08. The number of aromatic nitrogens is 1. The van der Waals surface area contributed by atoms with Gasteiger partial charge in [0, 0.05) is 35.8 Å². The van der Waals surface area contributed by atoms with Gasteiger partial charge in [-0.05, 0) is 47.9 Å². The molecule has 0 saturated heterocycles. The molecule has 2 aliphatic heterocycles. The number of carbonyl (C=O) groups is 1. The van der Waals surface area contributed by atoms with Gasteiger partial charge in [-0.1, -0.05) is 18.2 Å². The van der Waals surface area contributed by atoms with Crippen LogP contribution in [0.2, 0.25) is 0 Å². The van der Waals surface area contributed by atoms with Crippen molar-refractivity contribution < 1.29 is 4.79 Å². The molecule has 0 saturated carbocycles. The first-order valence-corrected chi connectivity index (χ1v) is 7.64. The highest BCUT2D eigenvalue weighted by Gasteiger charge is 2.42. The average molecular weight is 288 g/mol. The van der Waals surface area contributed by atoms with Gasteiger partial charge in [-0.15, -0.1) is 0 Å². The lowest BCUT2D eigenvalue weighted by molar-refractivity contribution is 0.0759. The number of hydrogen-bond donors (Lipinski definition) is 0. The Hall–Kier alpha value is -2.55. The number of aryl methyl sites for hydroxylation is 2. The first-order chi connectivity index (χ1) is 10.6. The number of nitrogens with zero attached hydrogens (tertiary/aromatic N) is 2. The Morgan fingerprint density at radius 2 is 1.91 bits per heavy atom. The Bertz CT molecular complexity index is 967. The molecule has 1 atom stereocenters. The van der Waals surface area contributed by atoms with Crippen LogP contribution < -0.4 is 0 Å². The van der Waals surface area contributed by atoms with E-state index >= 15 is 0 Å². The van der Waals surface area contributed by atoms with Gasteiger partial charge in [-0.3, -0.25) is 4.79 Å². The minimum absolute atomic E-state index is 0.0957. The molecular weight excluding hydrogens is 272 g/mol. The Balaban J connectivity index is 1.79. The molecule has 3 aromatic rings. The second kappa shape index (κ2) is 3.80. The van der Waals surface area contributed by atoms with Crippen LogP contribution in [0.3, 0.4) is 0 Å². The normalized spacial score (nSPS) is 18.7. The molecule has 1 amide bonds. The predicted molar refractivity (Wildman–Crippen MR) is 85.8 cm³/mol. The van der Waals surface area contributed by atoms with Gasteiger partial charge in [0.15, 0.2) is 0 Å². The zero-order valence-corrected chi connectivity index (χ0v) is 12.6. The minimum Gasteiger partial charge on any atom is -0.348 e. The van der Waals surface area contributed by atoms with E-state index in [0.717, 1.165) is 17.7 Å². The van der Waals surface area contributed by atoms with Crippen LogP contribution >= 0.6 is 0 Å². The summed E-state index contributed by atoms with van der Waals surface area (Å²) in [6.07, 6.45) is 0. The summed E-state index contributed by atoms with van der Waals surface area (Å²) in [4.78, 5) is 14.6. The molecule has 1 aromatic heterocycles. The fourth-order valence-electron chi connectivity index (χ4n) is 4.03. The molecular formula is C19H16N2O. The van der Waals surface area contributed by atoms with Crippen molar-refractivity contribution in [2.45, 2.75) is 19.5 Å². The van der Waals surface area contributed by atoms with Crippen molar-refractivity contribution >= 4 is 16.8 Å². The third kappa shape index (κ3) is 1.29. The van der Waals surface area contributed by atoms with E-state index in [1.54, 1.807) is 0 Å². The largest absolute Gasteiger partial charge is 0.348 e. The van der Waals surface area contributed by atoms with Crippen molar-refractivity contribution in [1.29, 1.82) is 0 Å².